The van der Waals surface area contributed by atoms with Crippen molar-refractivity contribution in [1.82, 2.24) is 10.5 Å². The van der Waals surface area contributed by atoms with Gasteiger partial charge in [0.2, 0.25) is 0 Å². The molecule has 0 radical (unpaired) electrons. The van der Waals surface area contributed by atoms with E-state index in [0.29, 0.717) is 23.4 Å². The number of benzene rings is 2. The maximum absolute atomic E-state index is 13.0. The predicted molar refractivity (Wildman–Crippen MR) is 89.0 cm³/mol. The molecule has 0 aliphatic heterocycles. The summed E-state index contributed by atoms with van der Waals surface area (Å²) in [5, 5.41) is 6.55. The zero-order valence-electron chi connectivity index (χ0n) is 13.0. The summed E-state index contributed by atoms with van der Waals surface area (Å²) in [6.45, 7) is 0.557. The highest BCUT2D eigenvalue weighted by molar-refractivity contribution is 5.99. The third-order valence-corrected chi connectivity index (χ3v) is 3.69. The molecule has 122 valence electrons. The molecule has 0 aliphatic carbocycles. The molecule has 2 aromatic carbocycles. The van der Waals surface area contributed by atoms with Gasteiger partial charge in [-0.05, 0) is 42.7 Å². The minimum absolute atomic E-state index is 0.247. The number of hydrogen-bond donors (Lipinski definition) is 1. The summed E-state index contributed by atoms with van der Waals surface area (Å²) in [5.74, 6) is -0.246. The van der Waals surface area contributed by atoms with Crippen LogP contribution in [0.2, 0.25) is 0 Å². The van der Waals surface area contributed by atoms with E-state index in [4.69, 9.17) is 4.52 Å². The highest BCUT2D eigenvalue weighted by atomic mass is 19.1. The zero-order chi connectivity index (χ0) is 16.8. The van der Waals surface area contributed by atoms with E-state index in [1.807, 2.05) is 18.2 Å². The second-order valence-electron chi connectivity index (χ2n) is 5.42. The predicted octanol–water partition coefficient (Wildman–Crippen LogP) is 3.84. The van der Waals surface area contributed by atoms with Crippen LogP contribution in [-0.2, 0) is 6.42 Å². The Labute approximate surface area is 139 Å². The summed E-state index contributed by atoms with van der Waals surface area (Å²) in [7, 11) is 0. The summed E-state index contributed by atoms with van der Waals surface area (Å²) < 4.78 is 18.2. The molecular formula is C19H17FN2O2. The van der Waals surface area contributed by atoms with Crippen LogP contribution < -0.4 is 5.32 Å². The van der Waals surface area contributed by atoms with Crippen molar-refractivity contribution in [2.24, 2.45) is 0 Å². The van der Waals surface area contributed by atoms with E-state index in [1.165, 1.54) is 23.9 Å². The van der Waals surface area contributed by atoms with E-state index in [0.717, 1.165) is 12.8 Å². The fourth-order valence-electron chi connectivity index (χ4n) is 2.45. The molecule has 4 nitrogen and oxygen atoms in total. The Kier molecular flexibility index (Phi) is 5.01. The van der Waals surface area contributed by atoms with Crippen molar-refractivity contribution in [3.8, 4) is 11.3 Å². The maximum Gasteiger partial charge on any atom is 0.256 e. The molecule has 0 fully saturated rings. The van der Waals surface area contributed by atoms with Crippen LogP contribution in [0.4, 0.5) is 4.39 Å². The van der Waals surface area contributed by atoms with Crippen LogP contribution in [-0.4, -0.2) is 17.6 Å². The van der Waals surface area contributed by atoms with Gasteiger partial charge in [-0.25, -0.2) is 4.39 Å². The monoisotopic (exact) mass is 324 g/mol. The molecule has 0 aliphatic rings. The van der Waals surface area contributed by atoms with Crippen LogP contribution in [0, 0.1) is 5.82 Å². The summed E-state index contributed by atoms with van der Waals surface area (Å²) in [6.07, 6.45) is 3.12. The van der Waals surface area contributed by atoms with Gasteiger partial charge in [0.1, 0.15) is 11.4 Å². The van der Waals surface area contributed by atoms with Gasteiger partial charge in [-0.2, -0.15) is 0 Å². The van der Waals surface area contributed by atoms with Gasteiger partial charge in [0.05, 0.1) is 6.20 Å². The number of aryl methyl sites for hydroxylation is 1. The van der Waals surface area contributed by atoms with E-state index in [1.54, 1.807) is 12.1 Å². The van der Waals surface area contributed by atoms with Crippen LogP contribution in [0.25, 0.3) is 11.3 Å². The average molecular weight is 324 g/mol. The average Bonchev–Trinajstić information content (AvgIpc) is 3.10. The van der Waals surface area contributed by atoms with Gasteiger partial charge in [0, 0.05) is 12.1 Å². The standard InChI is InChI=1S/C19H17FN2O2/c20-16-10-8-15(9-11-16)18-17(13-22-24-18)19(23)21-12-4-7-14-5-2-1-3-6-14/h1-3,5-6,8-11,13H,4,7,12H2,(H,21,23). The normalized spacial score (nSPS) is 10.5. The first-order valence-electron chi connectivity index (χ1n) is 7.77. The van der Waals surface area contributed by atoms with Gasteiger partial charge in [0.15, 0.2) is 5.76 Å². The Bertz CT molecular complexity index is 798. The Hall–Kier alpha value is -2.95. The highest BCUT2D eigenvalue weighted by Gasteiger charge is 2.17. The molecule has 24 heavy (non-hydrogen) atoms. The van der Waals surface area contributed by atoms with E-state index < -0.39 is 0 Å². The Morgan fingerprint density at radius 1 is 1.08 bits per heavy atom. The first-order chi connectivity index (χ1) is 11.7. The molecule has 0 bridgehead atoms. The lowest BCUT2D eigenvalue weighted by Crippen LogP contribution is -2.24. The molecule has 1 aromatic heterocycles. The fourth-order valence-corrected chi connectivity index (χ4v) is 2.45. The molecule has 1 amide bonds. The van der Waals surface area contributed by atoms with Crippen molar-refractivity contribution in [1.29, 1.82) is 0 Å². The van der Waals surface area contributed by atoms with Crippen molar-refractivity contribution in [2.45, 2.75) is 12.8 Å². The molecule has 1 heterocycles. The molecular weight excluding hydrogens is 307 g/mol. The number of aromatic nitrogens is 1. The molecule has 3 aromatic rings. The van der Waals surface area contributed by atoms with E-state index in [2.05, 4.69) is 22.6 Å². The Morgan fingerprint density at radius 3 is 2.58 bits per heavy atom. The zero-order valence-corrected chi connectivity index (χ0v) is 13.0. The van der Waals surface area contributed by atoms with Gasteiger partial charge in [0.25, 0.3) is 5.91 Å². The van der Waals surface area contributed by atoms with Crippen LogP contribution in [0.3, 0.4) is 0 Å². The number of carbonyl (C=O) groups is 1. The molecule has 5 heteroatoms. The van der Waals surface area contributed by atoms with E-state index in [-0.39, 0.29) is 11.7 Å². The summed E-state index contributed by atoms with van der Waals surface area (Å²) >= 11 is 0. The summed E-state index contributed by atoms with van der Waals surface area (Å²) in [6, 6.07) is 15.9. The minimum Gasteiger partial charge on any atom is -0.355 e. The number of carbonyl (C=O) groups excluding carboxylic acids is 1. The molecule has 0 unspecified atom stereocenters. The van der Waals surface area contributed by atoms with Crippen LogP contribution in [0.15, 0.2) is 65.3 Å². The lowest BCUT2D eigenvalue weighted by atomic mass is 10.1. The lowest BCUT2D eigenvalue weighted by Gasteiger charge is -2.05. The quantitative estimate of drug-likeness (QED) is 0.701. The van der Waals surface area contributed by atoms with Crippen molar-refractivity contribution >= 4 is 5.91 Å². The molecule has 0 spiro atoms. The van der Waals surface area contributed by atoms with Gasteiger partial charge < -0.3 is 9.84 Å². The van der Waals surface area contributed by atoms with Crippen LogP contribution in [0.1, 0.15) is 22.3 Å². The van der Waals surface area contributed by atoms with Gasteiger partial charge in [-0.15, -0.1) is 0 Å². The number of nitrogens with one attached hydrogen (secondary N) is 1. The maximum atomic E-state index is 13.0. The number of halogens is 1. The largest absolute Gasteiger partial charge is 0.355 e. The first kappa shape index (κ1) is 15.9. The third kappa shape index (κ3) is 3.87. The Balaban J connectivity index is 1.58. The van der Waals surface area contributed by atoms with Crippen molar-refractivity contribution in [3.63, 3.8) is 0 Å². The van der Waals surface area contributed by atoms with Gasteiger partial charge in [-0.1, -0.05) is 35.5 Å². The van der Waals surface area contributed by atoms with E-state index in [9.17, 15) is 9.18 Å². The second kappa shape index (κ2) is 7.55. The highest BCUT2D eigenvalue weighted by Crippen LogP contribution is 2.23. The van der Waals surface area contributed by atoms with Crippen molar-refractivity contribution in [2.75, 3.05) is 6.54 Å². The van der Waals surface area contributed by atoms with Gasteiger partial charge >= 0.3 is 0 Å². The number of amides is 1. The van der Waals surface area contributed by atoms with Crippen LogP contribution >= 0.6 is 0 Å². The molecule has 0 saturated carbocycles. The molecule has 0 saturated heterocycles. The number of hydrogen-bond acceptors (Lipinski definition) is 3. The van der Waals surface area contributed by atoms with Crippen molar-refractivity contribution < 1.29 is 13.7 Å². The van der Waals surface area contributed by atoms with Gasteiger partial charge in [-0.3, -0.25) is 4.79 Å². The third-order valence-electron chi connectivity index (χ3n) is 3.69. The molecule has 1 N–H and O–H groups in total. The first-order valence-corrected chi connectivity index (χ1v) is 7.77. The summed E-state index contributed by atoms with van der Waals surface area (Å²) in [5.41, 5.74) is 2.20. The lowest BCUT2D eigenvalue weighted by molar-refractivity contribution is 0.0953. The van der Waals surface area contributed by atoms with E-state index >= 15 is 0 Å². The number of nitrogens with zero attached hydrogens (tertiary/aromatic N) is 1. The smallest absolute Gasteiger partial charge is 0.256 e. The number of rotatable bonds is 6. The fraction of sp³-hybridized carbons (Fsp3) is 0.158. The molecule has 0 atom stereocenters. The Morgan fingerprint density at radius 2 is 1.83 bits per heavy atom. The minimum atomic E-state index is -0.342. The van der Waals surface area contributed by atoms with Crippen molar-refractivity contribution in [3.05, 3.63) is 77.7 Å². The molecule has 3 rings (SSSR count). The van der Waals surface area contributed by atoms with Crippen LogP contribution in [0.5, 0.6) is 0 Å². The SMILES string of the molecule is O=C(NCCCc1ccccc1)c1cnoc1-c1ccc(F)cc1. The summed E-state index contributed by atoms with van der Waals surface area (Å²) in [4.78, 5) is 12.3. The topological polar surface area (TPSA) is 55.1 Å². The second-order valence-corrected chi connectivity index (χ2v) is 5.42.